The minimum atomic E-state index is -1.14. The van der Waals surface area contributed by atoms with Gasteiger partial charge in [-0.3, -0.25) is 20.1 Å². The van der Waals surface area contributed by atoms with Gasteiger partial charge in [-0.1, -0.05) is 25.3 Å². The van der Waals surface area contributed by atoms with Gasteiger partial charge in [0.25, 0.3) is 5.91 Å². The predicted molar refractivity (Wildman–Crippen MR) is 141 cm³/mol. The highest BCUT2D eigenvalue weighted by molar-refractivity contribution is 5.90. The Bertz CT molecular complexity index is 1190. The van der Waals surface area contributed by atoms with Crippen molar-refractivity contribution in [1.82, 2.24) is 20.3 Å². The summed E-state index contributed by atoms with van der Waals surface area (Å²) in [6, 6.07) is 11.2. The van der Waals surface area contributed by atoms with Crippen LogP contribution >= 0.6 is 0 Å². The van der Waals surface area contributed by atoms with Crippen LogP contribution in [0.2, 0.25) is 0 Å². The first-order valence-electron chi connectivity index (χ1n) is 11.6. The zero-order chi connectivity index (χ0) is 27.8. The molecule has 0 radical (unpaired) electrons. The lowest BCUT2D eigenvalue weighted by Crippen LogP contribution is -2.39. The summed E-state index contributed by atoms with van der Waals surface area (Å²) in [7, 11) is 1.44. The average Bonchev–Trinajstić information content (AvgIpc) is 2.78. The molecule has 198 valence electrons. The molecule has 1 aromatic heterocycles. The monoisotopic (exact) mass is 511 g/mol. The first-order valence-corrected chi connectivity index (χ1v) is 11.6. The Balaban J connectivity index is 2.19. The Labute approximate surface area is 217 Å². The second kappa shape index (κ2) is 12.7. The highest BCUT2D eigenvalue weighted by Crippen LogP contribution is 2.24. The summed E-state index contributed by atoms with van der Waals surface area (Å²) < 4.78 is 24.4. The van der Waals surface area contributed by atoms with Crippen LogP contribution in [0.1, 0.15) is 37.6 Å². The van der Waals surface area contributed by atoms with E-state index in [0.717, 1.165) is 21.8 Å². The van der Waals surface area contributed by atoms with Crippen LogP contribution in [0, 0.1) is 13.8 Å². The quantitative estimate of drug-likeness (QED) is 0.203. The largest absolute Gasteiger partial charge is 0.443 e. The predicted octanol–water partition coefficient (Wildman–Crippen LogP) is 5.22. The molecule has 0 aliphatic rings. The summed E-state index contributed by atoms with van der Waals surface area (Å²) >= 11 is 0. The van der Waals surface area contributed by atoms with Gasteiger partial charge in [-0.25, -0.2) is 19.2 Å². The maximum atomic E-state index is 12.9. The van der Waals surface area contributed by atoms with Crippen molar-refractivity contribution < 1.29 is 23.5 Å². The lowest BCUT2D eigenvalue weighted by molar-refractivity contribution is -0.121. The van der Waals surface area contributed by atoms with E-state index in [4.69, 9.17) is 9.47 Å². The van der Waals surface area contributed by atoms with Crippen molar-refractivity contribution in [2.24, 2.45) is 4.99 Å². The van der Waals surface area contributed by atoms with Crippen molar-refractivity contribution in [3.63, 3.8) is 0 Å². The van der Waals surface area contributed by atoms with Crippen LogP contribution in [-0.2, 0) is 16.0 Å². The molecule has 2 rings (SSSR count). The van der Waals surface area contributed by atoms with Gasteiger partial charge in [0, 0.05) is 25.4 Å². The molecule has 10 heteroatoms. The van der Waals surface area contributed by atoms with Crippen molar-refractivity contribution in [1.29, 1.82) is 0 Å². The number of aliphatic imine (C=N–C) groups is 1. The maximum Gasteiger partial charge on any atom is 0.415 e. The molecular formula is C27H34FN5O4. The second-order valence-electron chi connectivity index (χ2n) is 9.31. The summed E-state index contributed by atoms with van der Waals surface area (Å²) in [4.78, 5) is 34.2. The van der Waals surface area contributed by atoms with Gasteiger partial charge in [0.2, 0.25) is 5.88 Å². The van der Waals surface area contributed by atoms with Gasteiger partial charge in [-0.2, -0.15) is 0 Å². The van der Waals surface area contributed by atoms with Crippen LogP contribution in [0.15, 0.2) is 66.2 Å². The fourth-order valence-electron chi connectivity index (χ4n) is 3.02. The van der Waals surface area contributed by atoms with Gasteiger partial charge in [-0.05, 0) is 70.4 Å². The average molecular weight is 512 g/mol. The number of aromatic nitrogens is 1. The normalized spacial score (nSPS) is 11.1. The van der Waals surface area contributed by atoms with Crippen LogP contribution < -0.4 is 10.2 Å². The number of hydrazine groups is 1. The van der Waals surface area contributed by atoms with Gasteiger partial charge >= 0.3 is 6.09 Å². The standard InChI is InChI=1S/C27H34FN5O4/c1-18-12-13-23(36-24-11-9-10-19(2)30-24)16-22(18)14-15-33(26(35)37-27(5,6)7)21(4)29-17-32(8)31-25(34)20(3)28/h9-13,16-17H,3-4,14-15H2,1-2,5-8H3,(H,31,34)/b29-17-. The number of benzene rings is 1. The van der Waals surface area contributed by atoms with E-state index in [1.165, 1.54) is 18.3 Å². The third-order valence-electron chi connectivity index (χ3n) is 4.84. The van der Waals surface area contributed by atoms with Crippen LogP contribution in [0.5, 0.6) is 11.6 Å². The molecule has 0 saturated heterocycles. The van der Waals surface area contributed by atoms with Crippen LogP contribution in [0.25, 0.3) is 0 Å². The minimum absolute atomic E-state index is 0.0726. The van der Waals surface area contributed by atoms with Gasteiger partial charge in [-0.15, -0.1) is 0 Å². The van der Waals surface area contributed by atoms with Crippen molar-refractivity contribution in [3.05, 3.63) is 78.0 Å². The van der Waals surface area contributed by atoms with Gasteiger partial charge in [0.15, 0.2) is 5.83 Å². The highest BCUT2D eigenvalue weighted by atomic mass is 19.1. The first-order chi connectivity index (χ1) is 17.2. The molecule has 9 nitrogen and oxygen atoms in total. The topological polar surface area (TPSA) is 96.4 Å². The molecular weight excluding hydrogens is 477 g/mol. The lowest BCUT2D eigenvalue weighted by Gasteiger charge is -2.27. The molecule has 0 spiro atoms. The zero-order valence-electron chi connectivity index (χ0n) is 22.2. The molecule has 0 aliphatic carbocycles. The van der Waals surface area contributed by atoms with Crippen LogP contribution in [-0.4, -0.2) is 52.4 Å². The van der Waals surface area contributed by atoms with E-state index in [-0.39, 0.29) is 12.4 Å². The molecule has 0 saturated carbocycles. The number of pyridine rings is 1. The fraction of sp³-hybridized carbons (Fsp3) is 0.333. The molecule has 1 heterocycles. The van der Waals surface area contributed by atoms with E-state index in [1.54, 1.807) is 26.8 Å². The number of ether oxygens (including phenoxy) is 2. The Morgan fingerprint density at radius 3 is 2.51 bits per heavy atom. The van der Waals surface area contributed by atoms with E-state index in [1.807, 2.05) is 44.2 Å². The van der Waals surface area contributed by atoms with E-state index < -0.39 is 23.4 Å². The van der Waals surface area contributed by atoms with Gasteiger partial charge in [0.05, 0.1) is 0 Å². The number of nitrogens with one attached hydrogen (secondary N) is 1. The number of hydrogen-bond acceptors (Lipinski definition) is 6. The number of hydrogen-bond donors (Lipinski definition) is 1. The molecule has 0 bridgehead atoms. The van der Waals surface area contributed by atoms with E-state index in [0.29, 0.717) is 18.1 Å². The molecule has 0 aliphatic heterocycles. The van der Waals surface area contributed by atoms with E-state index >= 15 is 0 Å². The molecule has 0 fully saturated rings. The van der Waals surface area contributed by atoms with Crippen LogP contribution in [0.4, 0.5) is 9.18 Å². The fourth-order valence-corrected chi connectivity index (χ4v) is 3.02. The van der Waals surface area contributed by atoms with Crippen molar-refractivity contribution in [3.8, 4) is 11.6 Å². The Morgan fingerprint density at radius 1 is 1.19 bits per heavy atom. The van der Waals surface area contributed by atoms with Crippen molar-refractivity contribution in [2.45, 2.75) is 46.6 Å². The number of carbonyl (C=O) groups is 2. The number of halogens is 1. The molecule has 0 atom stereocenters. The summed E-state index contributed by atoms with van der Waals surface area (Å²) in [6.07, 6.45) is 1.01. The summed E-state index contributed by atoms with van der Waals surface area (Å²) in [5.41, 5.74) is 4.27. The van der Waals surface area contributed by atoms with E-state index in [2.05, 4.69) is 28.6 Å². The molecule has 37 heavy (non-hydrogen) atoms. The Hall–Kier alpha value is -4.21. The SMILES string of the molecule is C=C(F)C(=O)NN(C)/C=N\C(=C)N(CCc1cc(Oc2cccc(C)n2)ccc1C)C(=O)OC(C)(C)C. The summed E-state index contributed by atoms with van der Waals surface area (Å²) in [6.45, 7) is 16.1. The molecule has 1 N–H and O–H groups in total. The summed E-state index contributed by atoms with van der Waals surface area (Å²) in [5, 5.41) is 1.12. The lowest BCUT2D eigenvalue weighted by atomic mass is 10.1. The minimum Gasteiger partial charge on any atom is -0.443 e. The third kappa shape index (κ3) is 9.75. The van der Waals surface area contributed by atoms with Crippen molar-refractivity contribution >= 4 is 18.3 Å². The Morgan fingerprint density at radius 2 is 1.89 bits per heavy atom. The first kappa shape index (κ1) is 29.0. The molecule has 2 amide bonds. The van der Waals surface area contributed by atoms with Gasteiger partial charge in [0.1, 0.15) is 23.5 Å². The van der Waals surface area contributed by atoms with Gasteiger partial charge < -0.3 is 9.47 Å². The second-order valence-corrected chi connectivity index (χ2v) is 9.31. The number of amides is 2. The third-order valence-corrected chi connectivity index (χ3v) is 4.84. The summed E-state index contributed by atoms with van der Waals surface area (Å²) in [5.74, 6) is -0.980. The number of carbonyl (C=O) groups excluding carboxylic acids is 2. The van der Waals surface area contributed by atoms with Crippen molar-refractivity contribution in [2.75, 3.05) is 13.6 Å². The smallest absolute Gasteiger partial charge is 0.415 e. The van der Waals surface area contributed by atoms with E-state index in [9.17, 15) is 14.0 Å². The van der Waals surface area contributed by atoms with Crippen LogP contribution in [0.3, 0.4) is 0 Å². The molecule has 0 unspecified atom stereocenters. The number of nitrogens with zero attached hydrogens (tertiary/aromatic N) is 4. The zero-order valence-corrected chi connectivity index (χ0v) is 22.2. The maximum absolute atomic E-state index is 12.9. The highest BCUT2D eigenvalue weighted by Gasteiger charge is 2.24. The Kier molecular flexibility index (Phi) is 9.93. The molecule has 1 aromatic carbocycles. The number of rotatable bonds is 10. The number of aryl methyl sites for hydroxylation is 2. The molecule has 2 aromatic rings.